The molecular weight excluding hydrogens is 400 g/mol. The molecule has 8 heteroatoms. The van der Waals surface area contributed by atoms with Crippen molar-refractivity contribution in [1.82, 2.24) is 14.8 Å². The molecule has 2 aromatic carbocycles. The summed E-state index contributed by atoms with van der Waals surface area (Å²) in [7, 11) is 1.59. The highest BCUT2D eigenvalue weighted by atomic mass is 32.2. The molecule has 1 atom stereocenters. The number of thioether (sulfide) groups is 1. The summed E-state index contributed by atoms with van der Waals surface area (Å²) in [6, 6.07) is 15.1. The molecule has 7 nitrogen and oxygen atoms in total. The van der Waals surface area contributed by atoms with Crippen LogP contribution in [0.25, 0.3) is 0 Å². The molecule has 1 N–H and O–H groups in total. The molecule has 0 bridgehead atoms. The second-order valence-electron chi connectivity index (χ2n) is 6.68. The van der Waals surface area contributed by atoms with Gasteiger partial charge in [-0.05, 0) is 44.5 Å². The van der Waals surface area contributed by atoms with Crippen LogP contribution in [0.1, 0.15) is 31.3 Å². The monoisotopic (exact) mass is 426 g/mol. The summed E-state index contributed by atoms with van der Waals surface area (Å²) in [5.74, 6) is 2.35. The molecule has 1 amide bonds. The van der Waals surface area contributed by atoms with Gasteiger partial charge in [-0.25, -0.2) is 0 Å². The van der Waals surface area contributed by atoms with Crippen LogP contribution in [0.5, 0.6) is 11.5 Å². The predicted molar refractivity (Wildman–Crippen MR) is 118 cm³/mol. The Morgan fingerprint density at radius 3 is 2.73 bits per heavy atom. The Kier molecular flexibility index (Phi) is 7.35. The van der Waals surface area contributed by atoms with E-state index in [1.807, 2.05) is 67.8 Å². The number of amides is 1. The number of para-hydroxylation sites is 1. The molecule has 0 spiro atoms. The first-order valence-corrected chi connectivity index (χ1v) is 10.7. The van der Waals surface area contributed by atoms with E-state index in [1.165, 1.54) is 11.8 Å². The number of aryl methyl sites for hydroxylation is 1. The minimum atomic E-state index is -0.265. The molecule has 1 aromatic heterocycles. The van der Waals surface area contributed by atoms with Gasteiger partial charge in [0.1, 0.15) is 11.5 Å². The summed E-state index contributed by atoms with van der Waals surface area (Å²) >= 11 is 1.35. The van der Waals surface area contributed by atoms with Gasteiger partial charge in [0.2, 0.25) is 5.91 Å². The molecule has 0 fully saturated rings. The van der Waals surface area contributed by atoms with Gasteiger partial charge < -0.3 is 19.4 Å². The number of aromatic nitrogens is 3. The first-order chi connectivity index (χ1) is 14.5. The van der Waals surface area contributed by atoms with Gasteiger partial charge in [0, 0.05) is 18.3 Å². The van der Waals surface area contributed by atoms with E-state index in [1.54, 1.807) is 13.2 Å². The molecule has 0 aliphatic carbocycles. The van der Waals surface area contributed by atoms with Crippen molar-refractivity contribution >= 4 is 23.4 Å². The van der Waals surface area contributed by atoms with E-state index in [-0.39, 0.29) is 17.8 Å². The van der Waals surface area contributed by atoms with Gasteiger partial charge in [-0.2, -0.15) is 0 Å². The summed E-state index contributed by atoms with van der Waals surface area (Å²) in [6.07, 6.45) is -0.265. The number of nitrogens with one attached hydrogen (secondary N) is 1. The lowest BCUT2D eigenvalue weighted by Gasteiger charge is -2.17. The van der Waals surface area contributed by atoms with Crippen LogP contribution in [0.3, 0.4) is 0 Å². The van der Waals surface area contributed by atoms with E-state index < -0.39 is 0 Å². The normalized spacial score (nSPS) is 11.7. The number of benzene rings is 2. The van der Waals surface area contributed by atoms with Crippen LogP contribution in [0, 0.1) is 6.92 Å². The van der Waals surface area contributed by atoms with Crippen molar-refractivity contribution in [3.63, 3.8) is 0 Å². The fourth-order valence-electron chi connectivity index (χ4n) is 2.96. The smallest absolute Gasteiger partial charge is 0.234 e. The minimum Gasteiger partial charge on any atom is -0.497 e. The lowest BCUT2D eigenvalue weighted by Crippen LogP contribution is -2.15. The standard InChI is InChI=1S/C22H26N4O3S/c1-5-26-21(16(3)29-19-12-7-6-9-15(19)2)24-25-22(26)30-14-20(27)23-17-10-8-11-18(13-17)28-4/h6-13,16H,5,14H2,1-4H3,(H,23,27). The van der Waals surface area contributed by atoms with Crippen LogP contribution in [-0.4, -0.2) is 33.5 Å². The summed E-state index contributed by atoms with van der Waals surface area (Å²) in [4.78, 5) is 12.3. The SMILES string of the molecule is CCn1c(SCC(=O)Nc2cccc(OC)c2)nnc1C(C)Oc1ccccc1C. The van der Waals surface area contributed by atoms with Crippen molar-refractivity contribution in [2.75, 3.05) is 18.2 Å². The number of carbonyl (C=O) groups is 1. The highest BCUT2D eigenvalue weighted by Gasteiger charge is 2.20. The number of rotatable bonds is 9. The third kappa shape index (κ3) is 5.33. The van der Waals surface area contributed by atoms with Gasteiger partial charge in [0.05, 0.1) is 12.9 Å². The van der Waals surface area contributed by atoms with Crippen molar-refractivity contribution in [3.05, 3.63) is 59.9 Å². The van der Waals surface area contributed by atoms with Crippen molar-refractivity contribution in [2.45, 2.75) is 38.6 Å². The third-order valence-electron chi connectivity index (χ3n) is 4.51. The van der Waals surface area contributed by atoms with Crippen molar-refractivity contribution in [1.29, 1.82) is 0 Å². The molecular formula is C22H26N4O3S. The zero-order chi connectivity index (χ0) is 21.5. The van der Waals surface area contributed by atoms with Gasteiger partial charge in [-0.1, -0.05) is 36.0 Å². The minimum absolute atomic E-state index is 0.121. The summed E-state index contributed by atoms with van der Waals surface area (Å²) < 4.78 is 13.2. The number of methoxy groups -OCH3 is 1. The first-order valence-electron chi connectivity index (χ1n) is 9.74. The molecule has 158 valence electrons. The largest absolute Gasteiger partial charge is 0.497 e. The summed E-state index contributed by atoms with van der Waals surface area (Å²) in [5.41, 5.74) is 1.76. The van der Waals surface area contributed by atoms with Crippen LogP contribution < -0.4 is 14.8 Å². The van der Waals surface area contributed by atoms with Crippen LogP contribution in [0.2, 0.25) is 0 Å². The van der Waals surface area contributed by atoms with Gasteiger partial charge in [-0.15, -0.1) is 10.2 Å². The molecule has 1 unspecified atom stereocenters. The summed E-state index contributed by atoms with van der Waals surface area (Å²) in [5, 5.41) is 12.2. The van der Waals surface area contributed by atoms with Gasteiger partial charge in [0.15, 0.2) is 17.1 Å². The maximum Gasteiger partial charge on any atom is 0.234 e. The highest BCUT2D eigenvalue weighted by Crippen LogP contribution is 2.26. The van der Waals surface area contributed by atoms with E-state index in [9.17, 15) is 4.79 Å². The van der Waals surface area contributed by atoms with Crippen molar-refractivity contribution in [2.24, 2.45) is 0 Å². The Labute approximate surface area is 180 Å². The quantitative estimate of drug-likeness (QED) is 0.508. The number of hydrogen-bond acceptors (Lipinski definition) is 6. The second-order valence-corrected chi connectivity index (χ2v) is 7.62. The molecule has 3 rings (SSSR count). The van der Waals surface area contributed by atoms with Gasteiger partial charge in [0.25, 0.3) is 0 Å². The number of nitrogens with zero attached hydrogens (tertiary/aromatic N) is 3. The average molecular weight is 427 g/mol. The molecule has 1 heterocycles. The van der Waals surface area contributed by atoms with Crippen molar-refractivity contribution < 1.29 is 14.3 Å². The first kappa shape index (κ1) is 21.7. The topological polar surface area (TPSA) is 78.3 Å². The Balaban J connectivity index is 1.63. The number of anilines is 1. The maximum atomic E-state index is 12.3. The lowest BCUT2D eigenvalue weighted by atomic mass is 10.2. The fourth-order valence-corrected chi connectivity index (χ4v) is 3.77. The van der Waals surface area contributed by atoms with E-state index in [0.29, 0.717) is 23.1 Å². The van der Waals surface area contributed by atoms with Crippen LogP contribution in [-0.2, 0) is 11.3 Å². The Bertz CT molecular complexity index is 1010. The molecule has 0 aliphatic heterocycles. The Morgan fingerprint density at radius 1 is 1.20 bits per heavy atom. The molecule has 0 saturated heterocycles. The predicted octanol–water partition coefficient (Wildman–Crippen LogP) is 4.49. The highest BCUT2D eigenvalue weighted by molar-refractivity contribution is 7.99. The maximum absolute atomic E-state index is 12.3. The number of hydrogen-bond donors (Lipinski definition) is 1. The number of carbonyl (C=O) groups excluding carboxylic acids is 1. The van der Waals surface area contributed by atoms with E-state index in [2.05, 4.69) is 15.5 Å². The molecule has 0 saturated carbocycles. The van der Waals surface area contributed by atoms with Gasteiger partial charge in [-0.3, -0.25) is 4.79 Å². The lowest BCUT2D eigenvalue weighted by molar-refractivity contribution is -0.113. The Morgan fingerprint density at radius 2 is 2.00 bits per heavy atom. The zero-order valence-electron chi connectivity index (χ0n) is 17.6. The molecule has 0 radical (unpaired) electrons. The second kappa shape index (κ2) is 10.2. The van der Waals surface area contributed by atoms with Gasteiger partial charge >= 0.3 is 0 Å². The number of ether oxygens (including phenoxy) is 2. The molecule has 0 aliphatic rings. The zero-order valence-corrected chi connectivity index (χ0v) is 18.4. The average Bonchev–Trinajstić information content (AvgIpc) is 3.17. The summed E-state index contributed by atoms with van der Waals surface area (Å²) in [6.45, 7) is 6.67. The van der Waals surface area contributed by atoms with Crippen LogP contribution >= 0.6 is 11.8 Å². The third-order valence-corrected chi connectivity index (χ3v) is 5.48. The Hall–Kier alpha value is -3.00. The molecule has 3 aromatic rings. The van der Waals surface area contributed by atoms with E-state index >= 15 is 0 Å². The van der Waals surface area contributed by atoms with Crippen LogP contribution in [0.4, 0.5) is 5.69 Å². The van der Waals surface area contributed by atoms with E-state index in [4.69, 9.17) is 9.47 Å². The van der Waals surface area contributed by atoms with Crippen LogP contribution in [0.15, 0.2) is 53.7 Å². The van der Waals surface area contributed by atoms with Crippen molar-refractivity contribution in [3.8, 4) is 11.5 Å². The molecule has 30 heavy (non-hydrogen) atoms. The van der Waals surface area contributed by atoms with E-state index in [0.717, 1.165) is 17.1 Å². The fraction of sp³-hybridized carbons (Fsp3) is 0.318.